The second kappa shape index (κ2) is 2.84. The Kier molecular flexibility index (Phi) is 2.07. The van der Waals surface area contributed by atoms with Gasteiger partial charge in [-0.2, -0.15) is 0 Å². The van der Waals surface area contributed by atoms with Crippen molar-refractivity contribution in [2.45, 2.75) is 0 Å². The van der Waals surface area contributed by atoms with Gasteiger partial charge in [-0.15, -0.1) is 0 Å². The van der Waals surface area contributed by atoms with Crippen molar-refractivity contribution in [3.8, 4) is 5.75 Å². The van der Waals surface area contributed by atoms with Crippen molar-refractivity contribution >= 4 is 10.8 Å². The number of carbonyl (C=O) groups is 1. The molecule has 1 rings (SSSR count). The van der Waals surface area contributed by atoms with Crippen LogP contribution in [0.1, 0.15) is 10.4 Å². The van der Waals surface area contributed by atoms with E-state index in [1.54, 1.807) is 6.07 Å². The van der Waals surface area contributed by atoms with Crippen molar-refractivity contribution in [1.29, 1.82) is 0 Å². The van der Waals surface area contributed by atoms with Gasteiger partial charge in [0.25, 0.3) is 0 Å². The molecule has 0 aliphatic rings. The van der Waals surface area contributed by atoms with Gasteiger partial charge in [0.2, 0.25) is 0 Å². The summed E-state index contributed by atoms with van der Waals surface area (Å²) in [6.07, 6.45) is 0.581. The van der Waals surface area contributed by atoms with Crippen LogP contribution in [0.2, 0.25) is 0 Å². The number of aldehydes is 1. The molecule has 3 heteroatoms. The van der Waals surface area contributed by atoms with Crippen LogP contribution in [-0.2, 0) is 15.5 Å². The van der Waals surface area contributed by atoms with Gasteiger partial charge in [0.05, 0.1) is 0 Å². The summed E-state index contributed by atoms with van der Waals surface area (Å²) in [7, 11) is 0. The standard InChI is InChI=1S/C7H5O2.Ni/c8-5-6-3-1-2-4-7(6)9;/h2-5,9H;. The quantitative estimate of drug-likeness (QED) is 0.500. The third-order valence-corrected chi connectivity index (χ3v) is 1.40. The van der Waals surface area contributed by atoms with Crippen molar-refractivity contribution in [2.24, 2.45) is 0 Å². The first-order valence-electron chi connectivity index (χ1n) is 2.64. The average molecular weight is 180 g/mol. The Morgan fingerprint density at radius 3 is 2.70 bits per heavy atom. The third-order valence-electron chi connectivity index (χ3n) is 1.10. The van der Waals surface area contributed by atoms with E-state index in [4.69, 9.17) is 5.11 Å². The Balaban J connectivity index is 3.21. The van der Waals surface area contributed by atoms with Crippen LogP contribution >= 0.6 is 0 Å². The van der Waals surface area contributed by atoms with Crippen LogP contribution in [0.15, 0.2) is 18.2 Å². The third kappa shape index (κ3) is 1.37. The van der Waals surface area contributed by atoms with Gasteiger partial charge >= 0.3 is 65.7 Å². The van der Waals surface area contributed by atoms with Gasteiger partial charge in [0.1, 0.15) is 0 Å². The van der Waals surface area contributed by atoms with Crippen LogP contribution in [0.4, 0.5) is 0 Å². The van der Waals surface area contributed by atoms with E-state index in [2.05, 4.69) is 15.5 Å². The molecule has 0 aliphatic carbocycles. The summed E-state index contributed by atoms with van der Waals surface area (Å²) < 4.78 is 0.597. The molecule has 2 nitrogen and oxygen atoms in total. The fraction of sp³-hybridized carbons (Fsp3) is 0. The first-order chi connectivity index (χ1) is 4.74. The number of aromatic hydroxyl groups is 1. The van der Waals surface area contributed by atoms with E-state index >= 15 is 0 Å². The van der Waals surface area contributed by atoms with E-state index in [1.165, 1.54) is 12.1 Å². The number of hydrogen-bond donors (Lipinski definition) is 1. The van der Waals surface area contributed by atoms with Crippen LogP contribution < -0.4 is 4.53 Å². The molecule has 0 fully saturated rings. The van der Waals surface area contributed by atoms with Crippen molar-refractivity contribution in [2.75, 3.05) is 0 Å². The number of rotatable bonds is 1. The normalized spacial score (nSPS) is 9.40. The van der Waals surface area contributed by atoms with Gasteiger partial charge in [0.15, 0.2) is 0 Å². The van der Waals surface area contributed by atoms with Crippen molar-refractivity contribution in [1.82, 2.24) is 0 Å². The number of carbonyl (C=O) groups excluding carboxylic acids is 1. The molecular weight excluding hydrogens is 175 g/mol. The molecule has 0 aliphatic heterocycles. The molecule has 1 aromatic rings. The Hall–Kier alpha value is -0.816. The number of phenolic OH excluding ortho intramolecular Hbond substituents is 1. The van der Waals surface area contributed by atoms with E-state index < -0.39 is 0 Å². The molecule has 0 heterocycles. The SMILES string of the molecule is O=Cc1c[c]([Ni])ccc1O. The van der Waals surface area contributed by atoms with E-state index in [-0.39, 0.29) is 11.3 Å². The van der Waals surface area contributed by atoms with Crippen LogP contribution in [0.3, 0.4) is 0 Å². The Morgan fingerprint density at radius 2 is 2.20 bits per heavy atom. The van der Waals surface area contributed by atoms with Crippen molar-refractivity contribution < 1.29 is 25.4 Å². The van der Waals surface area contributed by atoms with E-state index in [0.717, 1.165) is 0 Å². The summed E-state index contributed by atoms with van der Waals surface area (Å²) in [5.41, 5.74) is 0.253. The van der Waals surface area contributed by atoms with E-state index in [9.17, 15) is 4.79 Å². The Bertz CT molecular complexity index is 258. The second-order valence-corrected chi connectivity index (χ2v) is 2.36. The second-order valence-electron chi connectivity index (χ2n) is 1.79. The first kappa shape index (κ1) is 7.29. The van der Waals surface area contributed by atoms with Gasteiger partial charge in [-0.3, -0.25) is 0 Å². The molecule has 0 unspecified atom stereocenters. The molecule has 1 N–H and O–H groups in total. The predicted molar refractivity (Wildman–Crippen MR) is 33.1 cm³/mol. The zero-order chi connectivity index (χ0) is 7.56. The first-order valence-corrected chi connectivity index (χ1v) is 3.14. The van der Waals surface area contributed by atoms with Crippen LogP contribution in [-0.4, -0.2) is 11.4 Å². The predicted octanol–water partition coefficient (Wildman–Crippen LogP) is 0.377. The van der Waals surface area contributed by atoms with Crippen molar-refractivity contribution in [3.05, 3.63) is 23.8 Å². The number of phenols is 1. The van der Waals surface area contributed by atoms with E-state index in [0.29, 0.717) is 10.8 Å². The summed E-state index contributed by atoms with van der Waals surface area (Å²) in [4.78, 5) is 10.2. The Labute approximate surface area is 66.2 Å². The van der Waals surface area contributed by atoms with Gasteiger partial charge in [-0.25, -0.2) is 0 Å². The summed E-state index contributed by atoms with van der Waals surface area (Å²) in [5.74, 6) is -0.0178. The molecule has 0 amide bonds. The van der Waals surface area contributed by atoms with Crippen LogP contribution in [0.25, 0.3) is 0 Å². The minimum atomic E-state index is -0.0178. The number of benzene rings is 1. The monoisotopic (exact) mass is 179 g/mol. The molecule has 0 saturated carbocycles. The van der Waals surface area contributed by atoms with Crippen LogP contribution in [0, 0.1) is 0 Å². The Morgan fingerprint density at radius 1 is 1.50 bits per heavy atom. The van der Waals surface area contributed by atoms with Gasteiger partial charge < -0.3 is 0 Å². The molecule has 0 radical (unpaired) electrons. The molecule has 1 aromatic carbocycles. The molecule has 0 spiro atoms. The van der Waals surface area contributed by atoms with Gasteiger partial charge in [0, 0.05) is 0 Å². The summed E-state index contributed by atoms with van der Waals surface area (Å²) in [6, 6.07) is 4.48. The summed E-state index contributed by atoms with van der Waals surface area (Å²) >= 11 is 4.47. The molecule has 55 valence electrons. The van der Waals surface area contributed by atoms with Crippen molar-refractivity contribution in [3.63, 3.8) is 0 Å². The molecule has 10 heavy (non-hydrogen) atoms. The van der Waals surface area contributed by atoms with Gasteiger partial charge in [-0.1, -0.05) is 0 Å². The maximum atomic E-state index is 10.2. The van der Waals surface area contributed by atoms with Crippen LogP contribution in [0.5, 0.6) is 5.75 Å². The zero-order valence-corrected chi connectivity index (χ0v) is 5.97. The fourth-order valence-electron chi connectivity index (χ4n) is 0.605. The van der Waals surface area contributed by atoms with E-state index in [1.807, 2.05) is 0 Å². The zero-order valence-electron chi connectivity index (χ0n) is 4.98. The summed E-state index contributed by atoms with van der Waals surface area (Å²) in [5, 5.41) is 8.96. The maximum absolute atomic E-state index is 10.2. The molecule has 0 bridgehead atoms. The molecule has 0 aromatic heterocycles. The number of hydrogen-bond acceptors (Lipinski definition) is 2. The average Bonchev–Trinajstić information content (AvgIpc) is 1.94. The summed E-state index contributed by atoms with van der Waals surface area (Å²) in [6.45, 7) is 0. The minimum absolute atomic E-state index is 0.0178. The topological polar surface area (TPSA) is 37.3 Å². The molecule has 0 saturated heterocycles. The van der Waals surface area contributed by atoms with Gasteiger partial charge in [-0.05, 0) is 0 Å². The molecular formula is C7H5NiO2. The molecule has 0 atom stereocenters. The fourth-order valence-corrected chi connectivity index (χ4v) is 0.841.